The Kier molecular flexibility index (Phi) is 9.21. The minimum Gasteiger partial charge on any atom is -0.457 e. The van der Waals surface area contributed by atoms with Gasteiger partial charge in [0.25, 0.3) is 0 Å². The molecule has 0 aromatic heterocycles. The number of carbonyl (C=O) groups is 1. The van der Waals surface area contributed by atoms with Gasteiger partial charge in [-0.05, 0) is 105 Å². The first-order valence-electron chi connectivity index (χ1n) is 21.3. The molecule has 9 aliphatic rings. The summed E-state index contributed by atoms with van der Waals surface area (Å²) in [5.74, 6) is -0.677. The van der Waals surface area contributed by atoms with E-state index in [0.717, 1.165) is 51.4 Å². The van der Waals surface area contributed by atoms with Crippen molar-refractivity contribution in [3.63, 3.8) is 0 Å². The van der Waals surface area contributed by atoms with Gasteiger partial charge in [0.1, 0.15) is 54.4 Å². The molecular weight excluding hydrogens is 728 g/mol. The van der Waals surface area contributed by atoms with Crippen LogP contribution in [0.1, 0.15) is 107 Å². The van der Waals surface area contributed by atoms with Gasteiger partial charge in [0.2, 0.25) is 0 Å². The van der Waals surface area contributed by atoms with Gasteiger partial charge in [-0.25, -0.2) is 0 Å². The highest BCUT2D eigenvalue weighted by atomic mass is 16.8. The van der Waals surface area contributed by atoms with Crippen molar-refractivity contribution in [2.24, 2.45) is 50.7 Å². The fraction of sp³-hybridized carbons (Fsp3) is 0.976. The van der Waals surface area contributed by atoms with Crippen LogP contribution in [0.15, 0.2) is 0 Å². The van der Waals surface area contributed by atoms with E-state index in [0.29, 0.717) is 5.92 Å². The van der Waals surface area contributed by atoms with E-state index in [9.17, 15) is 35.4 Å². The van der Waals surface area contributed by atoms with Gasteiger partial charge in [-0.15, -0.1) is 0 Å². The number of hydrogen-bond donors (Lipinski definition) is 6. The Balaban J connectivity index is 0.940. The van der Waals surface area contributed by atoms with Gasteiger partial charge in [0, 0.05) is 18.3 Å². The van der Waals surface area contributed by atoms with Crippen molar-refractivity contribution in [2.75, 3.05) is 13.2 Å². The summed E-state index contributed by atoms with van der Waals surface area (Å²) in [6.45, 7) is 16.3. The summed E-state index contributed by atoms with van der Waals surface area (Å²) in [5, 5.41) is 65.6. The number of hydrogen-bond acceptors (Lipinski definition) is 14. The topological polar surface area (TPSA) is 203 Å². The smallest absolute Gasteiger partial charge is 0.303 e. The molecule has 14 heteroatoms. The zero-order valence-corrected chi connectivity index (χ0v) is 34.3. The molecule has 3 spiro atoms. The van der Waals surface area contributed by atoms with Gasteiger partial charge in [0.15, 0.2) is 18.4 Å². The fourth-order valence-corrected chi connectivity index (χ4v) is 15.6. The van der Waals surface area contributed by atoms with E-state index in [-0.39, 0.29) is 70.8 Å². The highest BCUT2D eigenvalue weighted by molar-refractivity contribution is 5.66. The van der Waals surface area contributed by atoms with Crippen molar-refractivity contribution < 1.29 is 68.6 Å². The Morgan fingerprint density at radius 3 is 2.11 bits per heavy atom. The van der Waals surface area contributed by atoms with Crippen LogP contribution in [0.4, 0.5) is 0 Å². The quantitative estimate of drug-likeness (QED) is 0.169. The van der Waals surface area contributed by atoms with Crippen LogP contribution in [0.5, 0.6) is 0 Å². The highest BCUT2D eigenvalue weighted by Crippen LogP contribution is 2.90. The third-order valence-electron chi connectivity index (χ3n) is 18.0. The Labute approximate surface area is 329 Å². The fourth-order valence-electron chi connectivity index (χ4n) is 15.6. The number of esters is 1. The van der Waals surface area contributed by atoms with Crippen LogP contribution in [0, 0.1) is 50.7 Å². The maximum absolute atomic E-state index is 12.9. The molecular formula is C42H66O14. The molecule has 4 aliphatic heterocycles. The minimum absolute atomic E-state index is 0.00688. The van der Waals surface area contributed by atoms with Crippen molar-refractivity contribution in [1.29, 1.82) is 0 Å². The molecule has 0 aromatic carbocycles. The first-order valence-corrected chi connectivity index (χ1v) is 21.3. The van der Waals surface area contributed by atoms with Crippen LogP contribution in [0.3, 0.4) is 0 Å². The second-order valence-corrected chi connectivity index (χ2v) is 21.2. The molecule has 0 aromatic rings. The van der Waals surface area contributed by atoms with Crippen LogP contribution in [0.2, 0.25) is 0 Å². The second-order valence-electron chi connectivity index (χ2n) is 21.2. The van der Waals surface area contributed by atoms with Crippen LogP contribution < -0.4 is 0 Å². The number of fused-ring (bicyclic) bond motifs is 4. The van der Waals surface area contributed by atoms with E-state index in [4.69, 9.17) is 33.2 Å². The molecule has 4 heterocycles. The van der Waals surface area contributed by atoms with Gasteiger partial charge >= 0.3 is 5.97 Å². The molecule has 6 N–H and O–H groups in total. The van der Waals surface area contributed by atoms with Crippen molar-refractivity contribution in [1.82, 2.24) is 0 Å². The van der Waals surface area contributed by atoms with Gasteiger partial charge in [-0.1, -0.05) is 34.6 Å². The summed E-state index contributed by atoms with van der Waals surface area (Å²) in [6.07, 6.45) is -4.93. The Morgan fingerprint density at radius 1 is 0.768 bits per heavy atom. The van der Waals surface area contributed by atoms with Crippen LogP contribution >= 0.6 is 0 Å². The lowest BCUT2D eigenvalue weighted by Crippen LogP contribution is -2.62. The molecule has 0 radical (unpaired) electrons. The van der Waals surface area contributed by atoms with Crippen LogP contribution in [-0.2, 0) is 38.0 Å². The molecule has 2 bridgehead atoms. The van der Waals surface area contributed by atoms with E-state index in [1.807, 2.05) is 13.8 Å². The molecule has 0 amide bonds. The lowest BCUT2D eigenvalue weighted by molar-refractivity contribution is -0.345. The maximum atomic E-state index is 12.9. The summed E-state index contributed by atoms with van der Waals surface area (Å²) in [7, 11) is 0. The predicted octanol–water partition coefficient (Wildman–Crippen LogP) is 2.16. The van der Waals surface area contributed by atoms with Crippen LogP contribution in [-0.4, -0.2) is 135 Å². The number of rotatable bonds is 6. The number of aliphatic hydroxyl groups is 6. The van der Waals surface area contributed by atoms with E-state index >= 15 is 0 Å². The number of ether oxygens (including phenoxy) is 7. The molecule has 56 heavy (non-hydrogen) atoms. The molecule has 4 saturated heterocycles. The van der Waals surface area contributed by atoms with Crippen molar-refractivity contribution in [3.05, 3.63) is 0 Å². The van der Waals surface area contributed by atoms with Gasteiger partial charge in [-0.2, -0.15) is 0 Å². The Bertz CT molecular complexity index is 1570. The number of carbonyl (C=O) groups excluding carboxylic acids is 1. The molecule has 5 saturated carbocycles. The minimum atomic E-state index is -1.57. The van der Waals surface area contributed by atoms with E-state index in [2.05, 4.69) is 34.6 Å². The van der Waals surface area contributed by atoms with Gasteiger partial charge in [-0.3, -0.25) is 4.79 Å². The zero-order chi connectivity index (χ0) is 40.3. The van der Waals surface area contributed by atoms with Crippen molar-refractivity contribution in [3.8, 4) is 0 Å². The average Bonchev–Trinajstić information content (AvgIpc) is 3.63. The summed E-state index contributed by atoms with van der Waals surface area (Å²) >= 11 is 0. The van der Waals surface area contributed by atoms with Gasteiger partial charge < -0.3 is 63.8 Å². The van der Waals surface area contributed by atoms with Gasteiger partial charge in [0.05, 0.1) is 25.4 Å². The summed E-state index contributed by atoms with van der Waals surface area (Å²) in [6, 6.07) is 0. The lowest BCUT2D eigenvalue weighted by Gasteiger charge is -2.63. The Morgan fingerprint density at radius 2 is 1.41 bits per heavy atom. The summed E-state index contributed by atoms with van der Waals surface area (Å²) in [4.78, 5) is 12.1. The molecule has 21 unspecified atom stereocenters. The first-order chi connectivity index (χ1) is 26.1. The zero-order valence-electron chi connectivity index (χ0n) is 34.3. The lowest BCUT2D eigenvalue weighted by atomic mass is 9.41. The van der Waals surface area contributed by atoms with Crippen molar-refractivity contribution >= 4 is 5.97 Å². The molecule has 14 nitrogen and oxygen atoms in total. The summed E-state index contributed by atoms with van der Waals surface area (Å²) < 4.78 is 43.6. The SMILES string of the molecule is CC(=O)OC(C)(C)C1OC23OC1CC(C)C2C1(C)CCC24CC25CCC(OC2OCC(O)C(OC6OCC(O)C(O)C6O)C2O)C(C)(C)C5CCC4C1(C)C3O. The second kappa shape index (κ2) is 12.8. The maximum Gasteiger partial charge on any atom is 0.303 e. The normalized spacial score (nSPS) is 58.2. The Hall–Kier alpha value is -1.01. The highest BCUT2D eigenvalue weighted by Gasteiger charge is 2.88. The number of aliphatic hydroxyl groups excluding tert-OH is 6. The summed E-state index contributed by atoms with van der Waals surface area (Å²) in [5.41, 5.74) is -1.74. The predicted molar refractivity (Wildman–Crippen MR) is 195 cm³/mol. The van der Waals surface area contributed by atoms with Crippen molar-refractivity contribution in [2.45, 2.75) is 192 Å². The standard InChI is InChI=1S/C42H66O14/c1-19-15-23-32(37(5,6)54-20(2)43)56-42(55-23)31(19)38(7)13-14-41-18-40(41)12-11-26(36(3,4)24(40)9-10-25(41)39(38,8)35(42)49)52-34-29(48)30(22(45)17-51-34)53-33-28(47)27(46)21(44)16-50-33/h19,21-35,44-49H,9-18H2,1-8H3. The third-order valence-corrected chi connectivity index (χ3v) is 18.0. The largest absolute Gasteiger partial charge is 0.457 e. The van der Waals surface area contributed by atoms with E-state index in [1.165, 1.54) is 6.92 Å². The van der Waals surface area contributed by atoms with Crippen LogP contribution in [0.25, 0.3) is 0 Å². The third kappa shape index (κ3) is 5.08. The average molecular weight is 795 g/mol. The molecule has 9 fully saturated rings. The molecule has 21 atom stereocenters. The van der Waals surface area contributed by atoms with E-state index < -0.39 is 78.2 Å². The molecule has 5 aliphatic carbocycles. The first kappa shape index (κ1) is 40.4. The molecule has 318 valence electrons. The van der Waals surface area contributed by atoms with E-state index in [1.54, 1.807) is 0 Å². The molecule has 9 rings (SSSR count). The monoisotopic (exact) mass is 794 g/mol.